The molecule has 0 heterocycles. The molecule has 1 aromatic rings. The van der Waals surface area contributed by atoms with E-state index >= 15 is 0 Å². The molecule has 0 N–H and O–H groups in total. The molecule has 0 aromatic heterocycles. The number of hydrogen-bond acceptors (Lipinski definition) is 1. The third-order valence-corrected chi connectivity index (χ3v) is 2.85. The Morgan fingerprint density at radius 3 is 2.44 bits per heavy atom. The number of ether oxygens (including phenoxy) is 1. The maximum atomic E-state index is 12.2. The zero-order chi connectivity index (χ0) is 12.3. The van der Waals surface area contributed by atoms with E-state index < -0.39 is 17.6 Å². The molecule has 0 aliphatic rings. The zero-order valence-electron chi connectivity index (χ0n) is 8.94. The first-order chi connectivity index (χ1) is 7.30. The van der Waals surface area contributed by atoms with Gasteiger partial charge in [-0.3, -0.25) is 0 Å². The van der Waals surface area contributed by atoms with Gasteiger partial charge in [-0.1, -0.05) is 33.6 Å². The number of benzene rings is 1. The lowest BCUT2D eigenvalue weighted by molar-refractivity contribution is -0.132. The van der Waals surface area contributed by atoms with E-state index in [0.29, 0.717) is 5.75 Å². The summed E-state index contributed by atoms with van der Waals surface area (Å²) in [5.41, 5.74) is 1.89. The molecule has 90 valence electrons. The number of rotatable bonds is 3. The topological polar surface area (TPSA) is 9.23 Å². The third kappa shape index (κ3) is 3.70. The highest BCUT2D eigenvalue weighted by Crippen LogP contribution is 2.27. The molecule has 0 saturated carbocycles. The first kappa shape index (κ1) is 13.4. The van der Waals surface area contributed by atoms with E-state index in [1.807, 2.05) is 13.0 Å². The SMILES string of the molecule is Cc1ccc(OCC(Br)C(F)(F)F)c(C)c1. The molecule has 1 atom stereocenters. The summed E-state index contributed by atoms with van der Waals surface area (Å²) in [6, 6.07) is 5.35. The highest BCUT2D eigenvalue weighted by atomic mass is 79.9. The van der Waals surface area contributed by atoms with Gasteiger partial charge in [0, 0.05) is 0 Å². The molecule has 1 aromatic carbocycles. The third-order valence-electron chi connectivity index (χ3n) is 2.07. The first-order valence-electron chi connectivity index (χ1n) is 4.71. The molecule has 16 heavy (non-hydrogen) atoms. The van der Waals surface area contributed by atoms with Crippen molar-refractivity contribution in [2.75, 3.05) is 6.61 Å². The molecule has 0 radical (unpaired) electrons. The minimum atomic E-state index is -4.28. The van der Waals surface area contributed by atoms with Crippen LogP contribution in [0.15, 0.2) is 18.2 Å². The number of aryl methyl sites for hydroxylation is 2. The van der Waals surface area contributed by atoms with Crippen LogP contribution in [0.4, 0.5) is 13.2 Å². The van der Waals surface area contributed by atoms with Gasteiger partial charge in [0.05, 0.1) is 0 Å². The lowest BCUT2D eigenvalue weighted by atomic mass is 10.1. The maximum Gasteiger partial charge on any atom is 0.404 e. The predicted molar refractivity (Wildman–Crippen MR) is 60.2 cm³/mol. The average molecular weight is 297 g/mol. The molecule has 0 bridgehead atoms. The van der Waals surface area contributed by atoms with E-state index in [4.69, 9.17) is 4.74 Å². The summed E-state index contributed by atoms with van der Waals surface area (Å²) in [6.07, 6.45) is -4.28. The minimum absolute atomic E-state index is 0.423. The zero-order valence-corrected chi connectivity index (χ0v) is 10.5. The van der Waals surface area contributed by atoms with Crippen molar-refractivity contribution in [2.45, 2.75) is 24.9 Å². The van der Waals surface area contributed by atoms with Gasteiger partial charge in [0.25, 0.3) is 0 Å². The quantitative estimate of drug-likeness (QED) is 0.766. The van der Waals surface area contributed by atoms with Crippen LogP contribution >= 0.6 is 15.9 Å². The molecule has 0 amide bonds. The molecule has 0 spiro atoms. The molecular weight excluding hydrogens is 285 g/mol. The van der Waals surface area contributed by atoms with Crippen molar-refractivity contribution in [3.63, 3.8) is 0 Å². The van der Waals surface area contributed by atoms with E-state index in [2.05, 4.69) is 15.9 Å². The van der Waals surface area contributed by atoms with Gasteiger partial charge in [0.1, 0.15) is 17.2 Å². The van der Waals surface area contributed by atoms with Crippen LogP contribution < -0.4 is 4.74 Å². The van der Waals surface area contributed by atoms with E-state index in [9.17, 15) is 13.2 Å². The summed E-state index contributed by atoms with van der Waals surface area (Å²) in [5, 5.41) is 0. The van der Waals surface area contributed by atoms with E-state index in [0.717, 1.165) is 11.1 Å². The molecule has 1 rings (SSSR count). The van der Waals surface area contributed by atoms with E-state index in [1.165, 1.54) is 0 Å². The second-order valence-electron chi connectivity index (χ2n) is 3.59. The largest absolute Gasteiger partial charge is 0.492 e. The van der Waals surface area contributed by atoms with Crippen LogP contribution in [-0.2, 0) is 0 Å². The summed E-state index contributed by atoms with van der Waals surface area (Å²) in [7, 11) is 0. The van der Waals surface area contributed by atoms with Crippen LogP contribution in [0.5, 0.6) is 5.75 Å². The maximum absolute atomic E-state index is 12.2. The molecule has 5 heteroatoms. The monoisotopic (exact) mass is 296 g/mol. The molecular formula is C11H12BrF3O. The second kappa shape index (κ2) is 5.08. The van der Waals surface area contributed by atoms with Gasteiger partial charge in [0.15, 0.2) is 0 Å². The van der Waals surface area contributed by atoms with Crippen molar-refractivity contribution >= 4 is 15.9 Å². The molecule has 1 nitrogen and oxygen atoms in total. The molecule has 0 aliphatic carbocycles. The fourth-order valence-electron chi connectivity index (χ4n) is 1.22. The van der Waals surface area contributed by atoms with Crippen LogP contribution in [0.1, 0.15) is 11.1 Å². The summed E-state index contributed by atoms with van der Waals surface area (Å²) >= 11 is 2.54. The van der Waals surface area contributed by atoms with Gasteiger partial charge in [-0.15, -0.1) is 0 Å². The number of halogens is 4. The number of hydrogen-bond donors (Lipinski definition) is 0. The van der Waals surface area contributed by atoms with Crippen molar-refractivity contribution in [1.29, 1.82) is 0 Å². The van der Waals surface area contributed by atoms with Crippen molar-refractivity contribution in [3.05, 3.63) is 29.3 Å². The lowest BCUT2D eigenvalue weighted by Crippen LogP contribution is -2.28. The normalized spacial score (nSPS) is 13.6. The molecule has 0 saturated heterocycles. The van der Waals surface area contributed by atoms with Gasteiger partial charge in [-0.25, -0.2) is 0 Å². The number of alkyl halides is 4. The van der Waals surface area contributed by atoms with Crippen LogP contribution in [-0.4, -0.2) is 17.6 Å². The summed E-state index contributed by atoms with van der Waals surface area (Å²) in [4.78, 5) is -1.64. The van der Waals surface area contributed by atoms with Gasteiger partial charge < -0.3 is 4.74 Å². The Kier molecular flexibility index (Phi) is 4.24. The smallest absolute Gasteiger partial charge is 0.404 e. The van der Waals surface area contributed by atoms with Crippen LogP contribution in [0.25, 0.3) is 0 Å². The van der Waals surface area contributed by atoms with Crippen LogP contribution in [0.2, 0.25) is 0 Å². The van der Waals surface area contributed by atoms with E-state index in [-0.39, 0.29) is 0 Å². The van der Waals surface area contributed by atoms with E-state index in [1.54, 1.807) is 19.1 Å². The van der Waals surface area contributed by atoms with Gasteiger partial charge in [-0.2, -0.15) is 13.2 Å². The fourth-order valence-corrected chi connectivity index (χ4v) is 1.35. The molecule has 1 unspecified atom stereocenters. The van der Waals surface area contributed by atoms with Crippen molar-refractivity contribution < 1.29 is 17.9 Å². The van der Waals surface area contributed by atoms with Crippen LogP contribution in [0, 0.1) is 13.8 Å². The van der Waals surface area contributed by atoms with Crippen molar-refractivity contribution in [2.24, 2.45) is 0 Å². The molecule has 0 fully saturated rings. The summed E-state index contributed by atoms with van der Waals surface area (Å²) < 4.78 is 41.7. The van der Waals surface area contributed by atoms with Crippen molar-refractivity contribution in [1.82, 2.24) is 0 Å². The van der Waals surface area contributed by atoms with Gasteiger partial charge in [0.2, 0.25) is 0 Å². The lowest BCUT2D eigenvalue weighted by Gasteiger charge is -2.16. The summed E-state index contributed by atoms with van der Waals surface area (Å²) in [5.74, 6) is 0.485. The Bertz CT molecular complexity index is 363. The fraction of sp³-hybridized carbons (Fsp3) is 0.455. The standard InChI is InChI=1S/C11H12BrF3O/c1-7-3-4-9(8(2)5-7)16-6-10(12)11(13,14)15/h3-5,10H,6H2,1-2H3. The van der Waals surface area contributed by atoms with Gasteiger partial charge >= 0.3 is 6.18 Å². The molecule has 0 aliphatic heterocycles. The highest BCUT2D eigenvalue weighted by molar-refractivity contribution is 9.09. The Morgan fingerprint density at radius 2 is 1.94 bits per heavy atom. The summed E-state index contributed by atoms with van der Waals surface area (Å²) in [6.45, 7) is 3.30. The Balaban J connectivity index is 2.62. The van der Waals surface area contributed by atoms with Gasteiger partial charge in [-0.05, 0) is 25.5 Å². The Morgan fingerprint density at radius 1 is 1.31 bits per heavy atom. The Labute approximate surface area is 101 Å². The average Bonchev–Trinajstić information content (AvgIpc) is 2.14. The highest BCUT2D eigenvalue weighted by Gasteiger charge is 2.38. The Hall–Kier alpha value is -0.710. The second-order valence-corrected chi connectivity index (χ2v) is 4.69. The predicted octanol–water partition coefficient (Wildman–Crippen LogP) is 4.01. The van der Waals surface area contributed by atoms with Crippen LogP contribution in [0.3, 0.4) is 0 Å². The van der Waals surface area contributed by atoms with Crippen molar-refractivity contribution in [3.8, 4) is 5.75 Å². The first-order valence-corrected chi connectivity index (χ1v) is 5.63. The minimum Gasteiger partial charge on any atom is -0.492 e.